The van der Waals surface area contributed by atoms with Crippen molar-refractivity contribution < 1.29 is 0 Å². The zero-order chi connectivity index (χ0) is 48.3. The van der Waals surface area contributed by atoms with E-state index < -0.39 is 5.41 Å². The van der Waals surface area contributed by atoms with Gasteiger partial charge in [-0.1, -0.05) is 237 Å². The van der Waals surface area contributed by atoms with E-state index >= 15 is 0 Å². The molecular weight excluding hydrogens is 881 g/mol. The first-order chi connectivity index (χ1) is 36.2. The minimum Gasteiger partial charge on any atom is -0.310 e. The maximum atomic E-state index is 2.49. The molecular formula is C71H48N2. The van der Waals surface area contributed by atoms with Gasteiger partial charge in [0.2, 0.25) is 0 Å². The van der Waals surface area contributed by atoms with E-state index in [0.29, 0.717) is 0 Å². The molecule has 1 heterocycles. The lowest BCUT2D eigenvalue weighted by molar-refractivity contribution is 0.767. The van der Waals surface area contributed by atoms with Gasteiger partial charge in [0, 0.05) is 33.2 Å². The Hall–Kier alpha value is -9.50. The molecule has 14 rings (SSSR count). The number of nitrogens with zero attached hydrogens (tertiary/aromatic N) is 2. The Morgan fingerprint density at radius 2 is 0.822 bits per heavy atom. The van der Waals surface area contributed by atoms with Crippen molar-refractivity contribution in [3.05, 3.63) is 313 Å². The van der Waals surface area contributed by atoms with Crippen LogP contribution in [0.25, 0.3) is 82.8 Å². The van der Waals surface area contributed by atoms with Crippen molar-refractivity contribution in [1.82, 2.24) is 4.57 Å². The van der Waals surface area contributed by atoms with Gasteiger partial charge in [0.25, 0.3) is 0 Å². The summed E-state index contributed by atoms with van der Waals surface area (Å²) < 4.78 is 2.49. The number of anilines is 3. The predicted molar refractivity (Wildman–Crippen MR) is 307 cm³/mol. The molecule has 13 aromatic rings. The van der Waals surface area contributed by atoms with Crippen LogP contribution in [0.2, 0.25) is 0 Å². The van der Waals surface area contributed by atoms with Gasteiger partial charge in [-0.2, -0.15) is 0 Å². The second-order valence-electron chi connectivity index (χ2n) is 19.2. The zero-order valence-electron chi connectivity index (χ0n) is 40.1. The summed E-state index contributed by atoms with van der Waals surface area (Å²) >= 11 is 0. The van der Waals surface area contributed by atoms with E-state index in [9.17, 15) is 0 Å². The number of para-hydroxylation sites is 1. The molecule has 0 aliphatic heterocycles. The highest BCUT2D eigenvalue weighted by atomic mass is 15.1. The van der Waals surface area contributed by atoms with Crippen LogP contribution < -0.4 is 4.90 Å². The number of rotatable bonds is 9. The van der Waals surface area contributed by atoms with Gasteiger partial charge >= 0.3 is 0 Å². The molecule has 12 aromatic carbocycles. The van der Waals surface area contributed by atoms with Crippen molar-refractivity contribution in [2.75, 3.05) is 4.90 Å². The minimum absolute atomic E-state index is 0.503. The Bertz CT molecular complexity index is 4140. The standard InChI is InChI=1S/C71H48N2/c1-4-20-49(21-5-1)50-38-41-56(42-39-50)72(68-37-19-23-51-22-10-11-32-61(51)68)57-29-18-24-52(46-57)59-30-12-13-31-60(59)53-40-44-65-64-34-15-17-36-69(64)73(70(65)47-53)58-43-45-63-62-33-14-16-35-66(62)71(67(63)48-58,54-25-6-2-7-26-54)55-27-8-3-9-28-55/h1-48H. The molecule has 0 atom stereocenters. The Morgan fingerprint density at radius 1 is 0.288 bits per heavy atom. The number of aromatic nitrogens is 1. The molecule has 0 saturated heterocycles. The van der Waals surface area contributed by atoms with Crippen molar-refractivity contribution in [3.63, 3.8) is 0 Å². The van der Waals surface area contributed by atoms with E-state index in [-0.39, 0.29) is 0 Å². The van der Waals surface area contributed by atoms with E-state index in [1.54, 1.807) is 0 Å². The molecule has 2 heteroatoms. The third kappa shape index (κ3) is 6.87. The van der Waals surface area contributed by atoms with Gasteiger partial charge in [-0.15, -0.1) is 0 Å². The van der Waals surface area contributed by atoms with Crippen molar-refractivity contribution >= 4 is 49.6 Å². The molecule has 1 aliphatic rings. The smallest absolute Gasteiger partial charge is 0.0714 e. The van der Waals surface area contributed by atoms with Gasteiger partial charge < -0.3 is 9.47 Å². The first-order valence-electron chi connectivity index (χ1n) is 25.2. The summed E-state index contributed by atoms with van der Waals surface area (Å²) in [6.45, 7) is 0. The number of hydrogen-bond acceptors (Lipinski definition) is 1. The van der Waals surface area contributed by atoms with E-state index in [1.165, 1.54) is 88.2 Å². The third-order valence-corrected chi connectivity index (χ3v) is 15.3. The van der Waals surface area contributed by atoms with E-state index in [4.69, 9.17) is 0 Å². The van der Waals surface area contributed by atoms with Crippen molar-refractivity contribution in [2.45, 2.75) is 5.41 Å². The third-order valence-electron chi connectivity index (χ3n) is 15.3. The molecule has 0 amide bonds. The summed E-state index contributed by atoms with van der Waals surface area (Å²) in [4.78, 5) is 2.41. The molecule has 73 heavy (non-hydrogen) atoms. The fraction of sp³-hybridized carbons (Fsp3) is 0.0141. The highest BCUT2D eigenvalue weighted by molar-refractivity contribution is 6.11. The second-order valence-corrected chi connectivity index (χ2v) is 19.2. The Morgan fingerprint density at radius 3 is 1.58 bits per heavy atom. The molecule has 1 aliphatic carbocycles. The number of hydrogen-bond donors (Lipinski definition) is 0. The average Bonchev–Trinajstić information content (AvgIpc) is 4.01. The molecule has 0 N–H and O–H groups in total. The Labute approximate surface area is 426 Å². The molecule has 0 radical (unpaired) electrons. The van der Waals surface area contributed by atoms with E-state index in [1.807, 2.05) is 0 Å². The summed E-state index contributed by atoms with van der Waals surface area (Å²) in [5.74, 6) is 0. The van der Waals surface area contributed by atoms with Crippen molar-refractivity contribution in [3.8, 4) is 50.2 Å². The molecule has 2 nitrogen and oxygen atoms in total. The van der Waals surface area contributed by atoms with Gasteiger partial charge in [0.1, 0.15) is 0 Å². The minimum atomic E-state index is -0.503. The molecule has 1 aromatic heterocycles. The van der Waals surface area contributed by atoms with Gasteiger partial charge in [0.05, 0.1) is 22.1 Å². The zero-order valence-corrected chi connectivity index (χ0v) is 40.1. The first-order valence-corrected chi connectivity index (χ1v) is 25.2. The summed E-state index contributed by atoms with van der Waals surface area (Å²) in [5, 5.41) is 4.86. The number of fused-ring (bicyclic) bond motifs is 7. The van der Waals surface area contributed by atoms with Crippen LogP contribution in [0.4, 0.5) is 17.1 Å². The normalized spacial score (nSPS) is 12.5. The second kappa shape index (κ2) is 17.4. The quantitative estimate of drug-likeness (QED) is 0.140. The van der Waals surface area contributed by atoms with E-state index in [2.05, 4.69) is 301 Å². The van der Waals surface area contributed by atoms with Gasteiger partial charge in [-0.25, -0.2) is 0 Å². The molecule has 0 unspecified atom stereocenters. The summed E-state index contributed by atoms with van der Waals surface area (Å²) in [7, 11) is 0. The van der Waals surface area contributed by atoms with Crippen LogP contribution in [0, 0.1) is 0 Å². The van der Waals surface area contributed by atoms with Crippen LogP contribution in [0.3, 0.4) is 0 Å². The lowest BCUT2D eigenvalue weighted by Crippen LogP contribution is -2.28. The van der Waals surface area contributed by atoms with Crippen molar-refractivity contribution in [2.24, 2.45) is 0 Å². The Kier molecular flexibility index (Phi) is 10.1. The van der Waals surface area contributed by atoms with Crippen LogP contribution in [-0.2, 0) is 5.41 Å². The fourth-order valence-corrected chi connectivity index (χ4v) is 12.1. The topological polar surface area (TPSA) is 8.17 Å². The predicted octanol–water partition coefficient (Wildman–Crippen LogP) is 18.8. The SMILES string of the molecule is c1ccc(-c2ccc(N(c3cccc(-c4ccccc4-c4ccc5c6ccccc6n(-c6ccc7c(c6)C(c6ccccc6)(c6ccccc6)c6ccccc6-7)c5c4)c3)c3cccc4ccccc34)cc2)cc1. The molecule has 0 bridgehead atoms. The summed E-state index contributed by atoms with van der Waals surface area (Å²) in [5.41, 5.74) is 21.0. The lowest BCUT2D eigenvalue weighted by atomic mass is 9.67. The van der Waals surface area contributed by atoms with Gasteiger partial charge in [-0.3, -0.25) is 0 Å². The number of benzene rings is 12. The maximum absolute atomic E-state index is 2.49. The van der Waals surface area contributed by atoms with Crippen LogP contribution in [-0.4, -0.2) is 4.57 Å². The Balaban J connectivity index is 0.924. The summed E-state index contributed by atoms with van der Waals surface area (Å²) in [6, 6.07) is 107. The van der Waals surface area contributed by atoms with Crippen molar-refractivity contribution in [1.29, 1.82) is 0 Å². The van der Waals surface area contributed by atoms with Gasteiger partial charge in [-0.05, 0) is 127 Å². The highest BCUT2D eigenvalue weighted by Gasteiger charge is 2.46. The van der Waals surface area contributed by atoms with Gasteiger partial charge in [0.15, 0.2) is 0 Å². The van der Waals surface area contributed by atoms with E-state index in [0.717, 1.165) is 33.9 Å². The molecule has 0 fully saturated rings. The van der Waals surface area contributed by atoms with Crippen LogP contribution in [0.5, 0.6) is 0 Å². The maximum Gasteiger partial charge on any atom is 0.0714 e. The average molecular weight is 929 g/mol. The molecule has 342 valence electrons. The largest absolute Gasteiger partial charge is 0.310 e. The van der Waals surface area contributed by atoms with Crippen LogP contribution >= 0.6 is 0 Å². The molecule has 0 saturated carbocycles. The summed E-state index contributed by atoms with van der Waals surface area (Å²) in [6.07, 6.45) is 0. The monoisotopic (exact) mass is 928 g/mol. The lowest BCUT2D eigenvalue weighted by Gasteiger charge is -2.34. The highest BCUT2D eigenvalue weighted by Crippen LogP contribution is 2.57. The fourth-order valence-electron chi connectivity index (χ4n) is 12.1. The van der Waals surface area contributed by atoms with Crippen LogP contribution in [0.15, 0.2) is 291 Å². The first kappa shape index (κ1) is 42.4. The molecule has 0 spiro atoms. The van der Waals surface area contributed by atoms with Crippen LogP contribution in [0.1, 0.15) is 22.3 Å².